The van der Waals surface area contributed by atoms with Crippen LogP contribution in [0.4, 0.5) is 17.1 Å². The summed E-state index contributed by atoms with van der Waals surface area (Å²) in [5.74, 6) is 0. The van der Waals surface area contributed by atoms with Crippen LogP contribution in [0.1, 0.15) is 5.48 Å². The van der Waals surface area contributed by atoms with Gasteiger partial charge < -0.3 is 4.90 Å². The Morgan fingerprint density at radius 1 is 0.353 bits per heavy atom. The average Bonchev–Trinajstić information content (AvgIpc) is 3.25. The Kier molecular flexibility index (Phi) is 6.84. The summed E-state index contributed by atoms with van der Waals surface area (Å²) in [4.78, 5) is 1.93. The molecule has 0 fully saturated rings. The Bertz CT molecular complexity index is 2780. The maximum absolute atomic E-state index is 9.80. The van der Waals surface area contributed by atoms with Gasteiger partial charge in [0.2, 0.25) is 0 Å². The maximum Gasteiger partial charge on any atom is 0.0651 e. The number of benzene rings is 9. The molecule has 0 amide bonds. The van der Waals surface area contributed by atoms with Gasteiger partial charge in [-0.25, -0.2) is 0 Å². The molecule has 9 aromatic rings. The number of anilines is 3. The molecule has 51 heavy (non-hydrogen) atoms. The van der Waals surface area contributed by atoms with Crippen molar-refractivity contribution in [1.82, 2.24) is 0 Å². The second-order valence-corrected chi connectivity index (χ2v) is 12.7. The van der Waals surface area contributed by atoms with Crippen molar-refractivity contribution in [2.75, 3.05) is 4.90 Å². The summed E-state index contributed by atoms with van der Waals surface area (Å²) in [6.07, 6.45) is 0. The molecule has 0 saturated heterocycles. The highest BCUT2D eigenvalue weighted by Gasteiger charge is 2.17. The molecule has 0 heterocycles. The molecule has 0 aliphatic heterocycles. The van der Waals surface area contributed by atoms with Gasteiger partial charge in [-0.15, -0.1) is 0 Å². The van der Waals surface area contributed by atoms with Gasteiger partial charge in [-0.2, -0.15) is 0 Å². The topological polar surface area (TPSA) is 3.24 Å². The fourth-order valence-corrected chi connectivity index (χ4v) is 7.01. The summed E-state index contributed by atoms with van der Waals surface area (Å²) >= 11 is 0. The average molecular weight is 654 g/mol. The van der Waals surface area contributed by atoms with Crippen LogP contribution in [0.2, 0.25) is 0 Å². The Balaban J connectivity index is 1.25. The third kappa shape index (κ3) is 5.96. The zero-order chi connectivity index (χ0) is 37.5. The second kappa shape index (κ2) is 13.3. The molecular formula is C50H35N. The molecule has 0 aliphatic rings. The molecule has 0 unspecified atom stereocenters. The Morgan fingerprint density at radius 2 is 0.863 bits per heavy atom. The molecule has 0 bridgehead atoms. The van der Waals surface area contributed by atoms with Crippen LogP contribution in [-0.4, -0.2) is 0 Å². The fraction of sp³-hybridized carbons (Fsp3) is 0. The molecule has 240 valence electrons. The highest BCUT2D eigenvalue weighted by atomic mass is 15.1. The summed E-state index contributed by atoms with van der Waals surface area (Å²) in [6, 6.07) is 63.1. The van der Waals surface area contributed by atoms with Crippen molar-refractivity contribution in [3.8, 4) is 44.5 Å². The van der Waals surface area contributed by atoms with Crippen LogP contribution in [0.3, 0.4) is 0 Å². The van der Waals surface area contributed by atoms with Crippen LogP contribution < -0.4 is 4.90 Å². The lowest BCUT2D eigenvalue weighted by Gasteiger charge is -2.27. The van der Waals surface area contributed by atoms with E-state index in [0.717, 1.165) is 66.3 Å². The number of hydrogen-bond acceptors (Lipinski definition) is 1. The van der Waals surface area contributed by atoms with Gasteiger partial charge in [0.15, 0.2) is 0 Å². The second-order valence-electron chi connectivity index (χ2n) is 12.7. The molecule has 0 saturated carbocycles. The Labute approximate surface area is 305 Å². The first-order chi connectivity index (χ1) is 27.0. The predicted molar refractivity (Wildman–Crippen MR) is 218 cm³/mol. The normalized spacial score (nSPS) is 12.2. The van der Waals surface area contributed by atoms with Crippen LogP contribution in [0.15, 0.2) is 212 Å². The van der Waals surface area contributed by atoms with Crippen molar-refractivity contribution >= 4 is 38.6 Å². The minimum absolute atomic E-state index is 0.0300. The molecule has 0 atom stereocenters. The molecule has 1 nitrogen and oxygen atoms in total. The molecule has 0 aliphatic carbocycles. The van der Waals surface area contributed by atoms with E-state index >= 15 is 0 Å². The zero-order valence-electron chi connectivity index (χ0n) is 31.8. The van der Waals surface area contributed by atoms with E-state index in [9.17, 15) is 2.74 Å². The van der Waals surface area contributed by atoms with Gasteiger partial charge >= 0.3 is 0 Å². The van der Waals surface area contributed by atoms with Gasteiger partial charge in [-0.05, 0) is 109 Å². The lowest BCUT2D eigenvalue weighted by molar-refractivity contribution is 1.30. The molecule has 9 aromatic carbocycles. The summed E-state index contributed by atoms with van der Waals surface area (Å²) in [7, 11) is 0. The van der Waals surface area contributed by atoms with E-state index in [4.69, 9.17) is 2.74 Å². The van der Waals surface area contributed by atoms with Crippen molar-refractivity contribution in [2.45, 2.75) is 0 Å². The molecular weight excluding hydrogens is 615 g/mol. The van der Waals surface area contributed by atoms with Crippen LogP contribution in [0.25, 0.3) is 66.1 Å². The minimum atomic E-state index is -0.220. The van der Waals surface area contributed by atoms with Gasteiger partial charge in [-0.3, -0.25) is 0 Å². The Morgan fingerprint density at radius 3 is 1.51 bits per heavy atom. The fourth-order valence-electron chi connectivity index (χ4n) is 7.01. The number of rotatable bonds is 7. The smallest absolute Gasteiger partial charge is 0.0651 e. The van der Waals surface area contributed by atoms with E-state index in [1.54, 1.807) is 0 Å². The van der Waals surface area contributed by atoms with Gasteiger partial charge in [-0.1, -0.05) is 164 Å². The van der Waals surface area contributed by atoms with E-state index in [1.165, 1.54) is 0 Å². The Hall–Kier alpha value is -6.70. The van der Waals surface area contributed by atoms with E-state index < -0.39 is 0 Å². The van der Waals surface area contributed by atoms with Gasteiger partial charge in [0, 0.05) is 16.8 Å². The summed E-state index contributed by atoms with van der Waals surface area (Å²) in [5, 5.41) is 3.84. The first kappa shape index (κ1) is 26.2. The quantitative estimate of drug-likeness (QED) is 0.165. The molecule has 9 rings (SSSR count). The molecule has 0 aromatic heterocycles. The van der Waals surface area contributed by atoms with Crippen LogP contribution in [0, 0.1) is 0 Å². The highest BCUT2D eigenvalue weighted by molar-refractivity contribution is 6.01. The van der Waals surface area contributed by atoms with E-state index in [1.807, 2.05) is 102 Å². The van der Waals surface area contributed by atoms with Gasteiger partial charge in [0.25, 0.3) is 0 Å². The van der Waals surface area contributed by atoms with Crippen molar-refractivity contribution in [2.24, 2.45) is 0 Å². The number of nitrogens with zero attached hydrogens (tertiary/aromatic N) is 1. The predicted octanol–water partition coefficient (Wildman–Crippen LogP) is 14.1. The van der Waals surface area contributed by atoms with E-state index in [-0.39, 0.29) is 29.9 Å². The minimum Gasteiger partial charge on any atom is -0.310 e. The van der Waals surface area contributed by atoms with Gasteiger partial charge in [0.1, 0.15) is 0 Å². The number of fused-ring (bicyclic) bond motifs is 2. The first-order valence-corrected chi connectivity index (χ1v) is 17.2. The van der Waals surface area contributed by atoms with Crippen LogP contribution in [0.5, 0.6) is 0 Å². The summed E-state index contributed by atoms with van der Waals surface area (Å²) in [5.41, 5.74) is 9.41. The zero-order valence-corrected chi connectivity index (χ0v) is 27.8. The first-order valence-electron chi connectivity index (χ1n) is 19.2. The van der Waals surface area contributed by atoms with Crippen LogP contribution in [-0.2, 0) is 0 Å². The largest absolute Gasteiger partial charge is 0.310 e. The summed E-state index contributed by atoms with van der Waals surface area (Å²) in [6.45, 7) is 0. The highest BCUT2D eigenvalue weighted by Crippen LogP contribution is 2.42. The standard InChI is InChI=1S/C50H35N/c1-3-14-36(15-4-1)42-32-43(37-16-5-2-6-17-37)34-44(33-42)38-28-30-45(31-29-38)51(50-27-13-21-40-19-8-10-25-49(40)50)46-23-11-22-41(35-46)48-26-12-20-39-18-7-9-24-47(39)48/h1-35H/i11D,22D,23D,35D. The lowest BCUT2D eigenvalue weighted by atomic mass is 9.93. The molecule has 0 N–H and O–H groups in total. The SMILES string of the molecule is [2H]c1c([2H])c(-c2cccc3ccccc23)c([2H])c(N(c2ccc(-c3cc(-c4ccccc4)cc(-c4ccccc4)c3)cc2)c2cccc3ccccc23)c1[2H]. The third-order valence-electron chi connectivity index (χ3n) is 9.51. The molecule has 0 spiro atoms. The van der Waals surface area contributed by atoms with Crippen molar-refractivity contribution < 1.29 is 5.48 Å². The molecule has 0 radical (unpaired) electrons. The monoisotopic (exact) mass is 653 g/mol. The maximum atomic E-state index is 9.80. The van der Waals surface area contributed by atoms with Crippen molar-refractivity contribution in [1.29, 1.82) is 0 Å². The van der Waals surface area contributed by atoms with Crippen molar-refractivity contribution in [3.63, 3.8) is 0 Å². The lowest BCUT2D eigenvalue weighted by Crippen LogP contribution is -2.10. The van der Waals surface area contributed by atoms with Gasteiger partial charge in [0.05, 0.1) is 11.2 Å². The van der Waals surface area contributed by atoms with E-state index in [2.05, 4.69) is 91.0 Å². The van der Waals surface area contributed by atoms with E-state index in [0.29, 0.717) is 11.1 Å². The van der Waals surface area contributed by atoms with Crippen molar-refractivity contribution in [3.05, 3.63) is 212 Å². The third-order valence-corrected chi connectivity index (χ3v) is 9.51. The van der Waals surface area contributed by atoms with Crippen LogP contribution >= 0.6 is 0 Å². The summed E-state index contributed by atoms with van der Waals surface area (Å²) < 4.78 is 37.4. The molecule has 1 heteroatoms. The number of hydrogen-bond donors (Lipinski definition) is 0.